The average Bonchev–Trinajstić information content (AvgIpc) is 3.11. The summed E-state index contributed by atoms with van der Waals surface area (Å²) < 4.78 is 6.87. The lowest BCUT2D eigenvalue weighted by atomic mass is 10.1. The highest BCUT2D eigenvalue weighted by molar-refractivity contribution is 7.22. The van der Waals surface area contributed by atoms with Crippen molar-refractivity contribution in [3.8, 4) is 5.75 Å². The number of amides is 1. The number of anilines is 1. The summed E-state index contributed by atoms with van der Waals surface area (Å²) in [5, 5.41) is 1.04. The van der Waals surface area contributed by atoms with Gasteiger partial charge in [-0.25, -0.2) is 4.98 Å². The monoisotopic (exact) mass is 395 g/mol. The quantitative estimate of drug-likeness (QED) is 0.659. The molecule has 1 aliphatic heterocycles. The highest BCUT2D eigenvalue weighted by atomic mass is 32.1. The molecule has 5 nitrogen and oxygen atoms in total. The summed E-state index contributed by atoms with van der Waals surface area (Å²) in [6.07, 6.45) is 0.126. The van der Waals surface area contributed by atoms with E-state index in [4.69, 9.17) is 9.72 Å². The van der Waals surface area contributed by atoms with Crippen molar-refractivity contribution in [1.29, 1.82) is 0 Å². The second-order valence-electron chi connectivity index (χ2n) is 7.44. The van der Waals surface area contributed by atoms with Gasteiger partial charge in [-0.1, -0.05) is 17.4 Å². The Morgan fingerprint density at radius 1 is 1.07 bits per heavy atom. The van der Waals surface area contributed by atoms with E-state index in [9.17, 15) is 4.79 Å². The summed E-state index contributed by atoms with van der Waals surface area (Å²) in [5.74, 6) is 0.873. The van der Waals surface area contributed by atoms with Crippen LogP contribution in [0.4, 0.5) is 5.13 Å². The Hall–Kier alpha value is -2.60. The van der Waals surface area contributed by atoms with Gasteiger partial charge in [0.2, 0.25) is 0 Å². The number of carbonyl (C=O) groups excluding carboxylic acids is 1. The van der Waals surface area contributed by atoms with Crippen molar-refractivity contribution < 1.29 is 9.53 Å². The van der Waals surface area contributed by atoms with E-state index in [-0.39, 0.29) is 12.0 Å². The molecule has 0 radical (unpaired) electrons. The van der Waals surface area contributed by atoms with Gasteiger partial charge in [-0.05, 0) is 62.7 Å². The minimum absolute atomic E-state index is 0.0793. The van der Waals surface area contributed by atoms with E-state index in [1.165, 1.54) is 10.3 Å². The second kappa shape index (κ2) is 7.80. The van der Waals surface area contributed by atoms with Gasteiger partial charge in [0, 0.05) is 31.7 Å². The topological polar surface area (TPSA) is 45.7 Å². The standard InChI is InChI=1S/C22H25N3O2S/c1-15(2)27-18-7-5-17(6-8-18)21(26)24-10-12-25(13-11-24)22-23-19-9-4-16(3)14-20(19)28-22/h4-9,14-15H,10-13H2,1-3H3. The fraction of sp³-hybridized carbons (Fsp3) is 0.364. The Kier molecular flexibility index (Phi) is 5.22. The summed E-state index contributed by atoms with van der Waals surface area (Å²) in [6.45, 7) is 9.11. The van der Waals surface area contributed by atoms with Crippen LogP contribution >= 0.6 is 11.3 Å². The van der Waals surface area contributed by atoms with Crippen LogP contribution in [0.3, 0.4) is 0 Å². The summed E-state index contributed by atoms with van der Waals surface area (Å²) in [6, 6.07) is 13.8. The van der Waals surface area contributed by atoms with Crippen molar-refractivity contribution in [3.63, 3.8) is 0 Å². The van der Waals surface area contributed by atoms with Gasteiger partial charge < -0.3 is 14.5 Å². The average molecular weight is 396 g/mol. The Balaban J connectivity index is 1.39. The first-order valence-corrected chi connectivity index (χ1v) is 10.5. The summed E-state index contributed by atoms with van der Waals surface area (Å²) in [7, 11) is 0. The van der Waals surface area contributed by atoms with Crippen LogP contribution in [0.2, 0.25) is 0 Å². The molecule has 28 heavy (non-hydrogen) atoms. The number of hydrogen-bond acceptors (Lipinski definition) is 5. The molecule has 0 saturated carbocycles. The van der Waals surface area contributed by atoms with Crippen LogP contribution in [0.25, 0.3) is 10.2 Å². The minimum Gasteiger partial charge on any atom is -0.491 e. The molecule has 0 spiro atoms. The molecule has 2 aromatic carbocycles. The maximum atomic E-state index is 12.8. The van der Waals surface area contributed by atoms with Gasteiger partial charge in [0.15, 0.2) is 5.13 Å². The minimum atomic E-state index is 0.0793. The molecule has 1 aromatic heterocycles. The number of aryl methyl sites for hydroxylation is 1. The van der Waals surface area contributed by atoms with Crippen LogP contribution < -0.4 is 9.64 Å². The molecule has 0 atom stereocenters. The van der Waals surface area contributed by atoms with Crippen molar-refractivity contribution in [2.45, 2.75) is 26.9 Å². The Labute approximate surface area is 169 Å². The molecule has 0 N–H and O–H groups in total. The van der Waals surface area contributed by atoms with Crippen molar-refractivity contribution in [2.24, 2.45) is 0 Å². The summed E-state index contributed by atoms with van der Waals surface area (Å²) in [5.41, 5.74) is 3.01. The zero-order chi connectivity index (χ0) is 19.7. The number of benzene rings is 2. The lowest BCUT2D eigenvalue weighted by molar-refractivity contribution is 0.0746. The molecule has 4 rings (SSSR count). The van der Waals surface area contributed by atoms with E-state index in [0.717, 1.165) is 29.5 Å². The largest absolute Gasteiger partial charge is 0.491 e. The number of nitrogens with zero attached hydrogens (tertiary/aromatic N) is 3. The van der Waals surface area contributed by atoms with Gasteiger partial charge in [-0.3, -0.25) is 4.79 Å². The van der Waals surface area contributed by atoms with Crippen LogP contribution in [0.1, 0.15) is 29.8 Å². The molecule has 1 fully saturated rings. The fourth-order valence-electron chi connectivity index (χ4n) is 3.39. The molecule has 1 saturated heterocycles. The molecule has 0 aliphatic carbocycles. The Morgan fingerprint density at radius 2 is 1.79 bits per heavy atom. The van der Waals surface area contributed by atoms with Crippen molar-refractivity contribution in [1.82, 2.24) is 9.88 Å². The van der Waals surface area contributed by atoms with Crippen LogP contribution in [0.15, 0.2) is 42.5 Å². The normalized spacial score (nSPS) is 14.7. The molecule has 0 bridgehead atoms. The third-order valence-electron chi connectivity index (χ3n) is 4.84. The van der Waals surface area contributed by atoms with Crippen LogP contribution in [0.5, 0.6) is 5.75 Å². The third kappa shape index (κ3) is 3.97. The molecule has 1 amide bonds. The van der Waals surface area contributed by atoms with Crippen molar-refractivity contribution in [3.05, 3.63) is 53.6 Å². The Morgan fingerprint density at radius 3 is 2.46 bits per heavy atom. The van der Waals surface area contributed by atoms with Gasteiger partial charge in [0.05, 0.1) is 16.3 Å². The molecule has 6 heteroatoms. The zero-order valence-electron chi connectivity index (χ0n) is 16.5. The van der Waals surface area contributed by atoms with Crippen LogP contribution in [-0.2, 0) is 0 Å². The number of aromatic nitrogens is 1. The summed E-state index contributed by atoms with van der Waals surface area (Å²) >= 11 is 1.73. The van der Waals surface area contributed by atoms with E-state index in [1.54, 1.807) is 11.3 Å². The van der Waals surface area contributed by atoms with Gasteiger partial charge in [0.1, 0.15) is 5.75 Å². The first kappa shape index (κ1) is 18.7. The number of fused-ring (bicyclic) bond motifs is 1. The van der Waals surface area contributed by atoms with E-state index < -0.39 is 0 Å². The number of hydrogen-bond donors (Lipinski definition) is 0. The first-order valence-electron chi connectivity index (χ1n) is 9.68. The van der Waals surface area contributed by atoms with Crippen molar-refractivity contribution >= 4 is 32.6 Å². The molecular weight excluding hydrogens is 370 g/mol. The number of carbonyl (C=O) groups is 1. The van der Waals surface area contributed by atoms with E-state index >= 15 is 0 Å². The zero-order valence-corrected chi connectivity index (χ0v) is 17.3. The van der Waals surface area contributed by atoms with Crippen LogP contribution in [-0.4, -0.2) is 48.1 Å². The fourth-order valence-corrected chi connectivity index (χ4v) is 4.50. The number of piperazine rings is 1. The van der Waals surface area contributed by atoms with Gasteiger partial charge in [-0.2, -0.15) is 0 Å². The van der Waals surface area contributed by atoms with Gasteiger partial charge in [0.25, 0.3) is 5.91 Å². The molecule has 3 aromatic rings. The third-order valence-corrected chi connectivity index (χ3v) is 5.92. The SMILES string of the molecule is Cc1ccc2nc(N3CCN(C(=O)c4ccc(OC(C)C)cc4)CC3)sc2c1. The predicted molar refractivity (Wildman–Crippen MR) is 115 cm³/mol. The molecule has 2 heterocycles. The molecular formula is C22H25N3O2S. The van der Waals surface area contributed by atoms with Crippen LogP contribution in [0, 0.1) is 6.92 Å². The summed E-state index contributed by atoms with van der Waals surface area (Å²) in [4.78, 5) is 21.8. The maximum Gasteiger partial charge on any atom is 0.253 e. The molecule has 0 unspecified atom stereocenters. The smallest absolute Gasteiger partial charge is 0.253 e. The highest BCUT2D eigenvalue weighted by Gasteiger charge is 2.24. The van der Waals surface area contributed by atoms with Gasteiger partial charge in [-0.15, -0.1) is 0 Å². The number of rotatable bonds is 4. The molecule has 1 aliphatic rings. The predicted octanol–water partition coefficient (Wildman–Crippen LogP) is 4.35. The maximum absolute atomic E-state index is 12.8. The second-order valence-corrected chi connectivity index (χ2v) is 8.45. The van der Waals surface area contributed by atoms with E-state index in [2.05, 4.69) is 30.0 Å². The first-order chi connectivity index (χ1) is 13.5. The Bertz CT molecular complexity index is 973. The molecule has 146 valence electrons. The van der Waals surface area contributed by atoms with Gasteiger partial charge >= 0.3 is 0 Å². The number of thiazole rings is 1. The number of ether oxygens (including phenoxy) is 1. The highest BCUT2D eigenvalue weighted by Crippen LogP contribution is 2.30. The lowest BCUT2D eigenvalue weighted by Gasteiger charge is -2.34. The van der Waals surface area contributed by atoms with Crippen molar-refractivity contribution in [2.75, 3.05) is 31.1 Å². The lowest BCUT2D eigenvalue weighted by Crippen LogP contribution is -2.48. The van der Waals surface area contributed by atoms with E-state index in [0.29, 0.717) is 18.7 Å². The van der Waals surface area contributed by atoms with E-state index in [1.807, 2.05) is 43.0 Å².